The average Bonchev–Trinajstić information content (AvgIpc) is 3.14. The summed E-state index contributed by atoms with van der Waals surface area (Å²) in [7, 11) is 0. The average molecular weight is 386 g/mol. The maximum Gasteiger partial charge on any atom is 0.224 e. The van der Waals surface area contributed by atoms with Gasteiger partial charge in [0, 0.05) is 30.9 Å². The molecule has 0 aliphatic rings. The Bertz CT molecular complexity index is 895. The van der Waals surface area contributed by atoms with E-state index in [1.54, 1.807) is 11.3 Å². The van der Waals surface area contributed by atoms with Crippen LogP contribution in [0, 0.1) is 19.8 Å². The number of carbonyl (C=O) groups excluding carboxylic acids is 1. The molecule has 0 spiro atoms. The molecule has 0 bridgehead atoms. The van der Waals surface area contributed by atoms with E-state index in [-0.39, 0.29) is 5.91 Å². The fourth-order valence-electron chi connectivity index (χ4n) is 3.06. The molecular weight excluding hydrogens is 358 g/mol. The number of aromatic nitrogens is 3. The van der Waals surface area contributed by atoms with Gasteiger partial charge in [-0.1, -0.05) is 37.3 Å². The number of nitrogens with one attached hydrogen (secondary N) is 2. The molecule has 0 aliphatic heterocycles. The van der Waals surface area contributed by atoms with Crippen LogP contribution in [-0.4, -0.2) is 33.8 Å². The third-order valence-corrected chi connectivity index (χ3v) is 5.42. The zero-order chi connectivity index (χ0) is 19.4. The van der Waals surface area contributed by atoms with Gasteiger partial charge in [0.15, 0.2) is 5.13 Å². The number of carbonyl (C=O) groups is 1. The minimum atomic E-state index is 0.0244. The maximum absolute atomic E-state index is 12.3. The summed E-state index contributed by atoms with van der Waals surface area (Å²) < 4.78 is 3.17. The van der Waals surface area contributed by atoms with E-state index in [0.717, 1.165) is 38.8 Å². The molecule has 1 amide bonds. The van der Waals surface area contributed by atoms with Gasteiger partial charge in [-0.25, -0.2) is 4.98 Å². The quantitative estimate of drug-likeness (QED) is 0.582. The van der Waals surface area contributed by atoms with Crippen LogP contribution < -0.4 is 10.6 Å². The summed E-state index contributed by atoms with van der Waals surface area (Å²) in [6.07, 6.45) is 0.372. The lowest BCUT2D eigenvalue weighted by molar-refractivity contribution is -0.120. The van der Waals surface area contributed by atoms with E-state index in [0.29, 0.717) is 25.4 Å². The summed E-state index contributed by atoms with van der Waals surface area (Å²) in [5, 5.41) is 11.7. The largest absolute Gasteiger partial charge is 0.360 e. The maximum atomic E-state index is 12.3. The van der Waals surface area contributed by atoms with Crippen molar-refractivity contribution in [2.24, 2.45) is 5.92 Å². The van der Waals surface area contributed by atoms with Crippen LogP contribution in [0.4, 0.5) is 5.13 Å². The number of hydrogen-bond acceptors (Lipinski definition) is 5. The van der Waals surface area contributed by atoms with Crippen molar-refractivity contribution in [3.8, 4) is 0 Å². The van der Waals surface area contributed by atoms with Gasteiger partial charge in [0.1, 0.15) is 0 Å². The van der Waals surface area contributed by atoms with Gasteiger partial charge in [0.2, 0.25) is 5.91 Å². The van der Waals surface area contributed by atoms with Crippen LogP contribution in [0.1, 0.15) is 30.8 Å². The molecule has 0 unspecified atom stereocenters. The van der Waals surface area contributed by atoms with E-state index in [4.69, 9.17) is 0 Å². The van der Waals surface area contributed by atoms with Crippen LogP contribution >= 0.6 is 11.3 Å². The Morgan fingerprint density at radius 1 is 1.22 bits per heavy atom. The summed E-state index contributed by atoms with van der Waals surface area (Å²) in [5.41, 5.74) is 4.06. The van der Waals surface area contributed by atoms with E-state index >= 15 is 0 Å². The smallest absolute Gasteiger partial charge is 0.224 e. The summed E-state index contributed by atoms with van der Waals surface area (Å²) in [6.45, 7) is 10.4. The Labute approximate surface area is 164 Å². The second kappa shape index (κ2) is 8.52. The lowest BCUT2D eigenvalue weighted by Crippen LogP contribution is -2.30. The number of aryl methyl sites for hydroxylation is 1. The molecule has 6 nitrogen and oxygen atoms in total. The molecular formula is C20H27N5OS. The van der Waals surface area contributed by atoms with Crippen molar-refractivity contribution >= 4 is 32.6 Å². The Morgan fingerprint density at radius 2 is 2.00 bits per heavy atom. The number of hydrogen-bond donors (Lipinski definition) is 2. The van der Waals surface area contributed by atoms with E-state index in [2.05, 4.69) is 40.6 Å². The third kappa shape index (κ3) is 4.86. The molecule has 144 valence electrons. The topological polar surface area (TPSA) is 71.8 Å². The Morgan fingerprint density at radius 3 is 2.74 bits per heavy atom. The van der Waals surface area contributed by atoms with Crippen LogP contribution in [0.15, 0.2) is 24.3 Å². The number of benzene rings is 1. The van der Waals surface area contributed by atoms with Crippen molar-refractivity contribution in [3.63, 3.8) is 0 Å². The second-order valence-corrected chi connectivity index (χ2v) is 8.20. The second-order valence-electron chi connectivity index (χ2n) is 7.17. The highest BCUT2D eigenvalue weighted by atomic mass is 32.1. The van der Waals surface area contributed by atoms with E-state index in [1.165, 1.54) is 0 Å². The molecule has 2 aromatic heterocycles. The summed E-state index contributed by atoms with van der Waals surface area (Å²) >= 11 is 1.62. The molecule has 7 heteroatoms. The summed E-state index contributed by atoms with van der Waals surface area (Å²) in [5.74, 6) is 0.551. The minimum absolute atomic E-state index is 0.0244. The normalized spacial score (nSPS) is 11.3. The van der Waals surface area contributed by atoms with Crippen molar-refractivity contribution in [2.75, 3.05) is 18.4 Å². The Kier molecular flexibility index (Phi) is 6.11. The van der Waals surface area contributed by atoms with Crippen LogP contribution in [0.3, 0.4) is 0 Å². The fraction of sp³-hybridized carbons (Fsp3) is 0.450. The van der Waals surface area contributed by atoms with Crippen LogP contribution in [-0.2, 0) is 17.8 Å². The molecule has 2 N–H and O–H groups in total. The molecule has 0 aliphatic carbocycles. The number of amides is 1. The van der Waals surface area contributed by atoms with Gasteiger partial charge in [-0.3, -0.25) is 9.48 Å². The van der Waals surface area contributed by atoms with Gasteiger partial charge in [0.05, 0.1) is 22.3 Å². The molecule has 0 radical (unpaired) electrons. The van der Waals surface area contributed by atoms with Gasteiger partial charge in [0.25, 0.3) is 0 Å². The predicted octanol–water partition coefficient (Wildman–Crippen LogP) is 3.54. The van der Waals surface area contributed by atoms with Crippen molar-refractivity contribution in [2.45, 2.75) is 40.7 Å². The molecule has 3 rings (SSSR count). The molecule has 2 heterocycles. The highest BCUT2D eigenvalue weighted by Gasteiger charge is 2.15. The van der Waals surface area contributed by atoms with Crippen molar-refractivity contribution < 1.29 is 4.79 Å². The number of thiazole rings is 1. The zero-order valence-electron chi connectivity index (χ0n) is 16.4. The lowest BCUT2D eigenvalue weighted by Gasteiger charge is -2.08. The first-order chi connectivity index (χ1) is 12.9. The highest BCUT2D eigenvalue weighted by molar-refractivity contribution is 7.22. The lowest BCUT2D eigenvalue weighted by atomic mass is 10.1. The SMILES string of the molecule is Cc1nn(CC(C)C)c(C)c1CC(=O)NCCNc1nc2ccccc2s1. The van der Waals surface area contributed by atoms with Crippen molar-refractivity contribution in [1.82, 2.24) is 20.1 Å². The van der Waals surface area contributed by atoms with Crippen molar-refractivity contribution in [1.29, 1.82) is 0 Å². The summed E-state index contributed by atoms with van der Waals surface area (Å²) in [6, 6.07) is 8.06. The van der Waals surface area contributed by atoms with Crippen LogP contribution in [0.25, 0.3) is 10.2 Å². The Hall–Kier alpha value is -2.41. The van der Waals surface area contributed by atoms with Gasteiger partial charge in [-0.15, -0.1) is 0 Å². The number of fused-ring (bicyclic) bond motifs is 1. The molecule has 0 saturated heterocycles. The Balaban J connectivity index is 1.48. The van der Waals surface area contributed by atoms with E-state index in [1.807, 2.05) is 36.7 Å². The van der Waals surface area contributed by atoms with Gasteiger partial charge in [-0.05, 0) is 31.9 Å². The van der Waals surface area contributed by atoms with Gasteiger partial charge in [-0.2, -0.15) is 5.10 Å². The first kappa shape index (κ1) is 19.4. The number of anilines is 1. The van der Waals surface area contributed by atoms with E-state index < -0.39 is 0 Å². The fourth-order valence-corrected chi connectivity index (χ4v) is 3.95. The zero-order valence-corrected chi connectivity index (χ0v) is 17.2. The van der Waals surface area contributed by atoms with Crippen molar-refractivity contribution in [3.05, 3.63) is 41.2 Å². The summed E-state index contributed by atoms with van der Waals surface area (Å²) in [4.78, 5) is 16.8. The first-order valence-corrected chi connectivity index (χ1v) is 10.1. The van der Waals surface area contributed by atoms with E-state index in [9.17, 15) is 4.79 Å². The first-order valence-electron chi connectivity index (χ1n) is 9.33. The number of rotatable bonds is 8. The molecule has 0 fully saturated rings. The van der Waals surface area contributed by atoms with Crippen LogP contribution in [0.2, 0.25) is 0 Å². The monoisotopic (exact) mass is 385 g/mol. The standard InChI is InChI=1S/C20H27N5OS/c1-13(2)12-25-15(4)16(14(3)24-25)11-19(26)21-9-10-22-20-23-17-7-5-6-8-18(17)27-20/h5-8,13H,9-12H2,1-4H3,(H,21,26)(H,22,23). The molecule has 0 saturated carbocycles. The van der Waals surface area contributed by atoms with Gasteiger partial charge < -0.3 is 10.6 Å². The molecule has 1 aromatic carbocycles. The molecule has 3 aromatic rings. The number of nitrogens with zero attached hydrogens (tertiary/aromatic N) is 3. The molecule has 0 atom stereocenters. The predicted molar refractivity (Wildman–Crippen MR) is 111 cm³/mol. The highest BCUT2D eigenvalue weighted by Crippen LogP contribution is 2.24. The van der Waals surface area contributed by atoms with Gasteiger partial charge >= 0.3 is 0 Å². The minimum Gasteiger partial charge on any atom is -0.360 e. The molecule has 27 heavy (non-hydrogen) atoms. The third-order valence-electron chi connectivity index (χ3n) is 4.42. The number of para-hydroxylation sites is 1. The van der Waals surface area contributed by atoms with Crippen LogP contribution in [0.5, 0.6) is 0 Å².